The van der Waals surface area contributed by atoms with Gasteiger partial charge in [0.1, 0.15) is 0 Å². The third-order valence-corrected chi connectivity index (χ3v) is 4.57. The first kappa shape index (κ1) is 20.6. The number of hydrogen-bond acceptors (Lipinski definition) is 6. The molecule has 2 aromatic rings. The number of carbonyl (C=O) groups is 1. The van der Waals surface area contributed by atoms with Gasteiger partial charge in [0.05, 0.1) is 13.2 Å². The van der Waals surface area contributed by atoms with E-state index in [2.05, 4.69) is 21.8 Å². The number of piperazine rings is 1. The summed E-state index contributed by atoms with van der Waals surface area (Å²) in [6, 6.07) is 7.53. The number of rotatable bonds is 8. The largest absolute Gasteiger partial charge is 0.490 e. The van der Waals surface area contributed by atoms with Gasteiger partial charge in [-0.1, -0.05) is 13.0 Å². The first-order valence-electron chi connectivity index (χ1n) is 10.1. The van der Waals surface area contributed by atoms with Gasteiger partial charge in [-0.05, 0) is 43.2 Å². The Morgan fingerprint density at radius 3 is 2.52 bits per heavy atom. The molecule has 0 spiro atoms. The maximum atomic E-state index is 12.6. The van der Waals surface area contributed by atoms with E-state index in [1.165, 1.54) is 0 Å². The summed E-state index contributed by atoms with van der Waals surface area (Å²) in [6.07, 6.45) is 7.84. The summed E-state index contributed by atoms with van der Waals surface area (Å²) in [5.41, 5.74) is 0.905. The Morgan fingerprint density at radius 1 is 1.07 bits per heavy atom. The minimum absolute atomic E-state index is 0.00268. The summed E-state index contributed by atoms with van der Waals surface area (Å²) in [6.45, 7) is 7.96. The zero-order valence-corrected chi connectivity index (χ0v) is 17.1. The average molecular weight is 396 g/mol. The van der Waals surface area contributed by atoms with Crippen LogP contribution in [-0.2, 0) is 4.79 Å². The van der Waals surface area contributed by atoms with Crippen LogP contribution in [0, 0.1) is 0 Å². The molecule has 0 aliphatic carbocycles. The predicted octanol–water partition coefficient (Wildman–Crippen LogP) is 3.03. The van der Waals surface area contributed by atoms with E-state index in [4.69, 9.17) is 9.47 Å². The van der Waals surface area contributed by atoms with Crippen molar-refractivity contribution in [2.75, 3.05) is 44.3 Å². The summed E-state index contributed by atoms with van der Waals surface area (Å²) in [5, 5.41) is 0. The molecular weight excluding hydrogens is 368 g/mol. The van der Waals surface area contributed by atoms with Crippen LogP contribution in [-0.4, -0.2) is 60.2 Å². The van der Waals surface area contributed by atoms with Crippen LogP contribution >= 0.6 is 0 Å². The molecule has 1 aliphatic heterocycles. The van der Waals surface area contributed by atoms with Crippen molar-refractivity contribution in [3.05, 3.63) is 48.3 Å². The fourth-order valence-corrected chi connectivity index (χ4v) is 3.08. The fourth-order valence-electron chi connectivity index (χ4n) is 3.08. The topological polar surface area (TPSA) is 67.8 Å². The lowest BCUT2D eigenvalue weighted by Gasteiger charge is -2.34. The molecule has 1 aromatic carbocycles. The molecule has 154 valence electrons. The highest BCUT2D eigenvalue weighted by Crippen LogP contribution is 2.29. The van der Waals surface area contributed by atoms with Crippen molar-refractivity contribution in [2.24, 2.45) is 0 Å². The molecule has 2 heterocycles. The number of amides is 1. The van der Waals surface area contributed by atoms with E-state index in [1.807, 2.05) is 36.1 Å². The minimum atomic E-state index is 0.00268. The van der Waals surface area contributed by atoms with Gasteiger partial charge in [-0.15, -0.1) is 0 Å². The van der Waals surface area contributed by atoms with Crippen LogP contribution in [0.25, 0.3) is 6.08 Å². The van der Waals surface area contributed by atoms with Gasteiger partial charge in [0.15, 0.2) is 11.5 Å². The maximum absolute atomic E-state index is 12.6. The molecule has 0 atom stereocenters. The van der Waals surface area contributed by atoms with Gasteiger partial charge < -0.3 is 19.3 Å². The molecule has 0 bridgehead atoms. The third-order valence-electron chi connectivity index (χ3n) is 4.57. The molecule has 7 nitrogen and oxygen atoms in total. The Morgan fingerprint density at radius 2 is 1.83 bits per heavy atom. The van der Waals surface area contributed by atoms with E-state index < -0.39 is 0 Å². The lowest BCUT2D eigenvalue weighted by molar-refractivity contribution is -0.126. The van der Waals surface area contributed by atoms with Crippen molar-refractivity contribution >= 4 is 17.9 Å². The van der Waals surface area contributed by atoms with E-state index in [0.29, 0.717) is 38.0 Å². The summed E-state index contributed by atoms with van der Waals surface area (Å²) in [5.74, 6) is 2.15. The van der Waals surface area contributed by atoms with Crippen LogP contribution in [0.4, 0.5) is 5.95 Å². The summed E-state index contributed by atoms with van der Waals surface area (Å²) in [7, 11) is 0. The molecule has 0 saturated carbocycles. The monoisotopic (exact) mass is 396 g/mol. The summed E-state index contributed by atoms with van der Waals surface area (Å²) < 4.78 is 11.4. The third kappa shape index (κ3) is 5.70. The number of nitrogens with zero attached hydrogens (tertiary/aromatic N) is 4. The minimum Gasteiger partial charge on any atom is -0.490 e. The Labute approximate surface area is 172 Å². The van der Waals surface area contributed by atoms with Crippen LogP contribution in [0.15, 0.2) is 42.7 Å². The molecule has 1 aliphatic rings. The van der Waals surface area contributed by atoms with E-state index in [-0.39, 0.29) is 5.91 Å². The van der Waals surface area contributed by atoms with Gasteiger partial charge in [-0.2, -0.15) is 0 Å². The molecule has 1 saturated heterocycles. The summed E-state index contributed by atoms with van der Waals surface area (Å²) >= 11 is 0. The molecule has 1 amide bonds. The lowest BCUT2D eigenvalue weighted by Crippen LogP contribution is -2.48. The Bertz CT molecular complexity index is 818. The van der Waals surface area contributed by atoms with Crippen molar-refractivity contribution in [3.63, 3.8) is 0 Å². The molecule has 0 N–H and O–H groups in total. The van der Waals surface area contributed by atoms with Gasteiger partial charge >= 0.3 is 0 Å². The quantitative estimate of drug-likeness (QED) is 0.639. The molecule has 1 aromatic heterocycles. The summed E-state index contributed by atoms with van der Waals surface area (Å²) in [4.78, 5) is 25.1. The molecule has 29 heavy (non-hydrogen) atoms. The van der Waals surface area contributed by atoms with E-state index in [9.17, 15) is 4.79 Å². The number of hydrogen-bond donors (Lipinski definition) is 0. The number of anilines is 1. The number of benzene rings is 1. The highest BCUT2D eigenvalue weighted by molar-refractivity contribution is 5.92. The van der Waals surface area contributed by atoms with Crippen molar-refractivity contribution < 1.29 is 14.3 Å². The number of aromatic nitrogens is 2. The van der Waals surface area contributed by atoms with Gasteiger partial charge in [-0.3, -0.25) is 4.79 Å². The van der Waals surface area contributed by atoms with Gasteiger partial charge in [0.2, 0.25) is 11.9 Å². The second-order valence-electron chi connectivity index (χ2n) is 6.68. The van der Waals surface area contributed by atoms with Crippen LogP contribution in [0.2, 0.25) is 0 Å². The predicted molar refractivity (Wildman–Crippen MR) is 113 cm³/mol. The van der Waals surface area contributed by atoms with Crippen molar-refractivity contribution in [2.45, 2.75) is 20.3 Å². The van der Waals surface area contributed by atoms with Crippen molar-refractivity contribution in [1.82, 2.24) is 14.9 Å². The van der Waals surface area contributed by atoms with Gasteiger partial charge in [-0.25, -0.2) is 9.97 Å². The zero-order valence-electron chi connectivity index (χ0n) is 17.1. The first-order valence-corrected chi connectivity index (χ1v) is 10.1. The van der Waals surface area contributed by atoms with E-state index in [1.54, 1.807) is 24.5 Å². The Balaban J connectivity index is 1.58. The Kier molecular flexibility index (Phi) is 7.44. The Hall–Kier alpha value is -3.09. The normalized spacial score (nSPS) is 14.3. The molecule has 0 radical (unpaired) electrons. The molecule has 3 rings (SSSR count). The van der Waals surface area contributed by atoms with Crippen molar-refractivity contribution in [3.8, 4) is 11.5 Å². The molecule has 7 heteroatoms. The van der Waals surface area contributed by atoms with Crippen LogP contribution in [0.1, 0.15) is 25.8 Å². The second kappa shape index (κ2) is 10.5. The maximum Gasteiger partial charge on any atom is 0.246 e. The van der Waals surface area contributed by atoms with Gasteiger partial charge in [0, 0.05) is 44.6 Å². The molecule has 0 unspecified atom stereocenters. The smallest absolute Gasteiger partial charge is 0.246 e. The second-order valence-corrected chi connectivity index (χ2v) is 6.68. The molecule has 1 fully saturated rings. The average Bonchev–Trinajstić information content (AvgIpc) is 2.78. The SMILES string of the molecule is CCCOc1ccc(/C=C/C(=O)N2CCN(c3ncccn3)CC2)cc1OCC. The lowest BCUT2D eigenvalue weighted by atomic mass is 10.1. The van der Waals surface area contributed by atoms with Crippen LogP contribution < -0.4 is 14.4 Å². The fraction of sp³-hybridized carbons (Fsp3) is 0.409. The highest BCUT2D eigenvalue weighted by Gasteiger charge is 2.21. The van der Waals surface area contributed by atoms with Crippen LogP contribution in [0.3, 0.4) is 0 Å². The van der Waals surface area contributed by atoms with Crippen LogP contribution in [0.5, 0.6) is 11.5 Å². The van der Waals surface area contributed by atoms with Gasteiger partial charge in [0.25, 0.3) is 0 Å². The van der Waals surface area contributed by atoms with E-state index in [0.717, 1.165) is 30.8 Å². The standard InChI is InChI=1S/C22H28N4O3/c1-3-16-29-19-8-6-18(17-20(19)28-4-2)7-9-21(27)25-12-14-26(15-13-25)22-23-10-5-11-24-22/h5-11,17H,3-4,12-16H2,1-2H3/b9-7+. The zero-order chi connectivity index (χ0) is 20.5. The van der Waals surface area contributed by atoms with E-state index >= 15 is 0 Å². The number of carbonyl (C=O) groups excluding carboxylic acids is 1. The first-order chi connectivity index (χ1) is 14.2. The highest BCUT2D eigenvalue weighted by atomic mass is 16.5. The number of ether oxygens (including phenoxy) is 2. The molecular formula is C22H28N4O3. The van der Waals surface area contributed by atoms with Crippen molar-refractivity contribution in [1.29, 1.82) is 0 Å².